The first-order valence-corrected chi connectivity index (χ1v) is 7.08. The van der Waals surface area contributed by atoms with Crippen molar-refractivity contribution in [3.63, 3.8) is 0 Å². The second kappa shape index (κ2) is 5.98. The highest BCUT2D eigenvalue weighted by atomic mass is 35.5. The summed E-state index contributed by atoms with van der Waals surface area (Å²) in [6.45, 7) is 0. The van der Waals surface area contributed by atoms with Crippen LogP contribution in [0.5, 0.6) is 0 Å². The molecule has 0 amide bonds. The quantitative estimate of drug-likeness (QED) is 0.489. The molecule has 1 heterocycles. The van der Waals surface area contributed by atoms with Gasteiger partial charge in [0.1, 0.15) is 0 Å². The molecule has 0 radical (unpaired) electrons. The Labute approximate surface area is 125 Å². The Kier molecular flexibility index (Phi) is 4.29. The summed E-state index contributed by atoms with van der Waals surface area (Å²) in [4.78, 5) is 10.1. The molecule has 9 heteroatoms. The van der Waals surface area contributed by atoms with E-state index in [1.54, 1.807) is 0 Å². The molecule has 0 fully saturated rings. The van der Waals surface area contributed by atoms with Crippen LogP contribution in [-0.4, -0.2) is 18.1 Å². The molecule has 2 aromatic rings. The van der Waals surface area contributed by atoms with Crippen LogP contribution in [0.3, 0.4) is 0 Å². The highest BCUT2D eigenvalue weighted by Gasteiger charge is 2.11. The molecule has 1 aromatic heterocycles. The molecule has 0 saturated carbocycles. The summed E-state index contributed by atoms with van der Waals surface area (Å²) in [6, 6.07) is 6.78. The maximum Gasteiger partial charge on any atom is 0.270 e. The largest absolute Gasteiger partial charge is 0.805 e. The van der Waals surface area contributed by atoms with Gasteiger partial charge in [0, 0.05) is 18.6 Å². The molecule has 21 heavy (non-hydrogen) atoms. The van der Waals surface area contributed by atoms with Crippen LogP contribution in [0.2, 0.25) is 5.02 Å². The van der Waals surface area contributed by atoms with Gasteiger partial charge in [-0.3, -0.25) is 10.1 Å². The van der Waals surface area contributed by atoms with E-state index in [1.807, 2.05) is 0 Å². The van der Waals surface area contributed by atoms with E-state index in [0.717, 1.165) is 6.20 Å². The fourth-order valence-electron chi connectivity index (χ4n) is 1.83. The fourth-order valence-corrected chi connectivity index (χ4v) is 2.63. The zero-order valence-electron chi connectivity index (χ0n) is 10.4. The number of hydrogen-bond donors (Lipinski definition) is 0. The third kappa shape index (κ3) is 3.23. The molecule has 0 N–H and O–H groups in total. The van der Waals surface area contributed by atoms with Gasteiger partial charge in [-0.15, -0.1) is 0 Å². The van der Waals surface area contributed by atoms with Crippen molar-refractivity contribution in [2.75, 3.05) is 0 Å². The minimum atomic E-state index is -2.69. The number of hydrogen-bond acceptors (Lipinski definition) is 5. The Morgan fingerprint density at radius 2 is 1.95 bits per heavy atom. The van der Waals surface area contributed by atoms with E-state index < -0.39 is 19.9 Å². The minimum Gasteiger partial charge on any atom is -0.805 e. The molecule has 2 rings (SSSR count). The van der Waals surface area contributed by atoms with Crippen LogP contribution in [0.4, 0.5) is 5.69 Å². The fraction of sp³-hybridized carbons (Fsp3) is 0.0833. The smallest absolute Gasteiger partial charge is 0.270 e. The lowest BCUT2D eigenvalue weighted by Gasteiger charge is -2.12. The minimum absolute atomic E-state index is 0.0726. The standard InChI is InChI=1S/C12H8ClN2O5S/c13-11-7-10(15(17)18)4-3-8(11)6-9-2-1-5-14(16)12(9)21(19)20/h1-5,7H,6H2/q-1. The number of aromatic nitrogens is 1. The van der Waals surface area contributed by atoms with Crippen LogP contribution in [-0.2, 0) is 16.7 Å². The summed E-state index contributed by atoms with van der Waals surface area (Å²) in [6.07, 6.45) is 1.15. The Morgan fingerprint density at radius 3 is 2.52 bits per heavy atom. The van der Waals surface area contributed by atoms with Gasteiger partial charge < -0.3 is 9.94 Å². The summed E-state index contributed by atoms with van der Waals surface area (Å²) in [5.41, 5.74) is 0.583. The molecule has 0 spiro atoms. The second-order valence-corrected chi connectivity index (χ2v) is 5.37. The van der Waals surface area contributed by atoms with Gasteiger partial charge in [-0.2, -0.15) is 8.42 Å². The van der Waals surface area contributed by atoms with E-state index in [2.05, 4.69) is 0 Å². The molecule has 0 aliphatic rings. The van der Waals surface area contributed by atoms with Crippen LogP contribution in [0.25, 0.3) is 0 Å². The molecule has 110 valence electrons. The van der Waals surface area contributed by atoms with Crippen molar-refractivity contribution in [2.24, 2.45) is 0 Å². The summed E-state index contributed by atoms with van der Waals surface area (Å²) in [5, 5.41) is 22.3. The van der Waals surface area contributed by atoms with Crippen LogP contribution in [0.1, 0.15) is 11.1 Å². The number of nitro groups is 1. The van der Waals surface area contributed by atoms with Gasteiger partial charge in [-0.1, -0.05) is 23.7 Å². The molecular formula is C12H8ClN2O5S-. The van der Waals surface area contributed by atoms with Crippen molar-refractivity contribution in [3.8, 4) is 0 Å². The van der Waals surface area contributed by atoms with Gasteiger partial charge in [-0.25, -0.2) is 0 Å². The summed E-state index contributed by atoms with van der Waals surface area (Å²) >= 11 is 5.95. The molecule has 1 aromatic carbocycles. The number of non-ortho nitro benzene ring substituents is 1. The van der Waals surface area contributed by atoms with Crippen molar-refractivity contribution < 1.29 is 13.3 Å². The van der Waals surface area contributed by atoms with Crippen molar-refractivity contribution in [1.29, 1.82) is 0 Å². The Hall–Kier alpha value is -2.32. The van der Waals surface area contributed by atoms with Crippen LogP contribution < -0.4 is 0 Å². The third-order valence-electron chi connectivity index (χ3n) is 2.78. The Balaban J connectivity index is 2.52. The average molecular weight is 328 g/mol. The summed E-state index contributed by atoms with van der Waals surface area (Å²) < 4.78 is 22.1. The zero-order valence-corrected chi connectivity index (χ0v) is 12.0. The monoisotopic (exact) mass is 327 g/mol. The molecule has 0 atom stereocenters. The number of halogens is 1. The first-order chi connectivity index (χ1) is 9.90. The third-order valence-corrected chi connectivity index (χ3v) is 3.89. The zero-order chi connectivity index (χ0) is 15.6. The van der Waals surface area contributed by atoms with E-state index in [4.69, 9.17) is 11.6 Å². The van der Waals surface area contributed by atoms with Gasteiger partial charge >= 0.3 is 0 Å². The van der Waals surface area contributed by atoms with Crippen molar-refractivity contribution in [1.82, 2.24) is 4.73 Å². The van der Waals surface area contributed by atoms with E-state index in [9.17, 15) is 23.7 Å². The number of pyridine rings is 1. The maximum atomic E-state index is 11.5. The number of benzene rings is 1. The Morgan fingerprint density at radius 1 is 1.24 bits per heavy atom. The van der Waals surface area contributed by atoms with Gasteiger partial charge in [0.25, 0.3) is 5.69 Å². The van der Waals surface area contributed by atoms with Crippen molar-refractivity contribution >= 4 is 27.6 Å². The summed E-state index contributed by atoms with van der Waals surface area (Å²) in [5.74, 6) is 0. The van der Waals surface area contributed by atoms with Crippen molar-refractivity contribution in [3.05, 3.63) is 72.6 Å². The SMILES string of the molecule is O=[N+]([O-])c1ccc(Cc2cccn([O-])c2=S(=O)=O)c(Cl)c1. The lowest BCUT2D eigenvalue weighted by molar-refractivity contribution is -0.384. The predicted octanol–water partition coefficient (Wildman–Crippen LogP) is 2.40. The van der Waals surface area contributed by atoms with Gasteiger partial charge in [0.05, 0.1) is 9.95 Å². The molecule has 0 aliphatic carbocycles. The average Bonchev–Trinajstić information content (AvgIpc) is 2.40. The number of nitrogens with zero attached hydrogens (tertiary/aromatic N) is 2. The highest BCUT2D eigenvalue weighted by molar-refractivity contribution is 7.63. The molecule has 0 bridgehead atoms. The number of rotatable bonds is 3. The normalized spacial score (nSPS) is 10.3. The first kappa shape index (κ1) is 15.1. The predicted molar refractivity (Wildman–Crippen MR) is 76.3 cm³/mol. The van der Waals surface area contributed by atoms with E-state index >= 15 is 0 Å². The van der Waals surface area contributed by atoms with Crippen LogP contribution >= 0.6 is 11.6 Å². The lowest BCUT2D eigenvalue weighted by Crippen LogP contribution is -2.00. The molecule has 0 saturated heterocycles. The van der Waals surface area contributed by atoms with Gasteiger partial charge in [0.2, 0.25) is 10.3 Å². The van der Waals surface area contributed by atoms with E-state index in [1.165, 1.54) is 30.3 Å². The number of nitro benzene ring substituents is 1. The molecule has 0 unspecified atom stereocenters. The highest BCUT2D eigenvalue weighted by Crippen LogP contribution is 2.24. The Bertz CT molecular complexity index is 881. The van der Waals surface area contributed by atoms with Crippen LogP contribution in [0.15, 0.2) is 36.5 Å². The molecular weight excluding hydrogens is 320 g/mol. The van der Waals surface area contributed by atoms with Crippen LogP contribution in [0, 0.1) is 20.0 Å². The molecule has 0 aliphatic heterocycles. The first-order valence-electron chi connectivity index (χ1n) is 5.63. The topological polar surface area (TPSA) is 105 Å². The lowest BCUT2D eigenvalue weighted by atomic mass is 10.1. The van der Waals surface area contributed by atoms with E-state index in [0.29, 0.717) is 5.56 Å². The summed E-state index contributed by atoms with van der Waals surface area (Å²) in [7, 11) is -2.69. The maximum absolute atomic E-state index is 11.5. The van der Waals surface area contributed by atoms with Crippen molar-refractivity contribution in [2.45, 2.75) is 6.42 Å². The van der Waals surface area contributed by atoms with Gasteiger partial charge in [0.15, 0.2) is 4.64 Å². The van der Waals surface area contributed by atoms with Gasteiger partial charge in [-0.05, 0) is 23.4 Å². The second-order valence-electron chi connectivity index (χ2n) is 4.11. The molecule has 7 nitrogen and oxygen atoms in total. The van der Waals surface area contributed by atoms with E-state index in [-0.39, 0.29) is 27.4 Å².